The predicted octanol–water partition coefficient (Wildman–Crippen LogP) is 4.00. The first kappa shape index (κ1) is 34.3. The van der Waals surface area contributed by atoms with Crippen molar-refractivity contribution in [3.8, 4) is 10.4 Å². The van der Waals surface area contributed by atoms with E-state index < -0.39 is 30.0 Å². The summed E-state index contributed by atoms with van der Waals surface area (Å²) in [7, 11) is 0. The summed E-state index contributed by atoms with van der Waals surface area (Å²) < 4.78 is 5.45. The van der Waals surface area contributed by atoms with Crippen LogP contribution in [0.3, 0.4) is 0 Å². The molecule has 1 aromatic carbocycles. The van der Waals surface area contributed by atoms with Crippen LogP contribution in [-0.2, 0) is 14.4 Å². The van der Waals surface area contributed by atoms with Crippen LogP contribution in [0.25, 0.3) is 10.4 Å². The molecular weight excluding hydrogens is 592 g/mol. The van der Waals surface area contributed by atoms with Gasteiger partial charge in [0.15, 0.2) is 0 Å². The fraction of sp³-hybridized carbons (Fsp3) is 0.545. The third-order valence-corrected chi connectivity index (χ3v) is 9.21. The van der Waals surface area contributed by atoms with Crippen molar-refractivity contribution in [2.75, 3.05) is 19.6 Å². The van der Waals surface area contributed by atoms with Crippen molar-refractivity contribution in [2.45, 2.75) is 90.3 Å². The molecule has 0 saturated carbocycles. The van der Waals surface area contributed by atoms with Gasteiger partial charge in [-0.15, -0.1) is 11.3 Å². The van der Waals surface area contributed by atoms with Gasteiger partial charge in [0.05, 0.1) is 40.3 Å². The number of aliphatic hydroxyl groups excluding tert-OH is 1. The van der Waals surface area contributed by atoms with Crippen molar-refractivity contribution in [3.05, 3.63) is 58.6 Å². The number of carbonyl (C=O) groups is 3. The maximum absolute atomic E-state index is 13.9. The minimum Gasteiger partial charge on any atom is -0.391 e. The predicted molar refractivity (Wildman–Crippen MR) is 173 cm³/mol. The van der Waals surface area contributed by atoms with Gasteiger partial charge in [0.25, 0.3) is 0 Å². The van der Waals surface area contributed by atoms with E-state index in [1.54, 1.807) is 29.8 Å². The molecule has 0 bridgehead atoms. The van der Waals surface area contributed by atoms with Crippen LogP contribution in [0.1, 0.15) is 87.0 Å². The molecule has 2 aromatic heterocycles. The standard InChI is InChI=1S/C33H46N6O5S/c1-20(2)30(28-15-21(3)38-44-28)33(43)39-18-25(40)16-27(39)32(42)37-26(17-29(41)35-14-8-6-5-7-13-34)23-9-11-24(12-10-23)31-22(4)36-19-45-31/h9-12,15,19-20,25-27,30,40H,5-8,13-14,16-18,34H2,1-4H3,(H,35,41)(H,37,42)/t25-,26+,27+,30-/m1/s1. The summed E-state index contributed by atoms with van der Waals surface area (Å²) in [5, 5.41) is 20.6. The normalized spacial score (nSPS) is 17.8. The number of nitrogens with one attached hydrogen (secondary N) is 2. The fourth-order valence-corrected chi connectivity index (χ4v) is 6.64. The van der Waals surface area contributed by atoms with Gasteiger partial charge in [0, 0.05) is 25.6 Å². The highest BCUT2D eigenvalue weighted by atomic mass is 32.1. The molecule has 3 aromatic rings. The maximum atomic E-state index is 13.9. The SMILES string of the molecule is Cc1cc([C@H](C(=O)N2C[C@H](O)C[C@H]2C(=O)N[C@@H](CC(=O)NCCCCCCN)c2ccc(-c3scnc3C)cc2)C(C)C)on1. The third-order valence-electron chi connectivity index (χ3n) is 8.23. The summed E-state index contributed by atoms with van der Waals surface area (Å²) in [6.45, 7) is 8.80. The van der Waals surface area contributed by atoms with Gasteiger partial charge < -0.3 is 30.9 Å². The molecule has 0 spiro atoms. The number of thiazole rings is 1. The zero-order valence-corrected chi connectivity index (χ0v) is 27.4. The number of hydrogen-bond donors (Lipinski definition) is 4. The highest BCUT2D eigenvalue weighted by molar-refractivity contribution is 7.13. The number of hydrogen-bond acceptors (Lipinski definition) is 9. The van der Waals surface area contributed by atoms with Crippen LogP contribution in [0, 0.1) is 19.8 Å². The lowest BCUT2D eigenvalue weighted by Gasteiger charge is -2.30. The molecule has 45 heavy (non-hydrogen) atoms. The molecule has 4 atom stereocenters. The van der Waals surface area contributed by atoms with Crippen LogP contribution < -0.4 is 16.4 Å². The Labute approximate surface area is 269 Å². The summed E-state index contributed by atoms with van der Waals surface area (Å²) in [6, 6.07) is 7.94. The number of nitrogens with zero attached hydrogens (tertiary/aromatic N) is 3. The van der Waals surface area contributed by atoms with Crippen molar-refractivity contribution in [1.29, 1.82) is 0 Å². The second kappa shape index (κ2) is 16.1. The van der Waals surface area contributed by atoms with E-state index in [1.807, 2.05) is 45.0 Å². The van der Waals surface area contributed by atoms with Crippen LogP contribution in [0.15, 0.2) is 40.4 Å². The number of rotatable bonds is 15. The quantitative estimate of drug-likeness (QED) is 0.182. The molecule has 3 heterocycles. The Bertz CT molecular complexity index is 1420. The third kappa shape index (κ3) is 8.99. The molecule has 4 rings (SSSR count). The lowest BCUT2D eigenvalue weighted by Crippen LogP contribution is -2.49. The van der Waals surface area contributed by atoms with Gasteiger partial charge in [-0.2, -0.15) is 0 Å². The first-order valence-corrected chi connectivity index (χ1v) is 16.7. The minimum atomic E-state index is -0.898. The summed E-state index contributed by atoms with van der Waals surface area (Å²) in [4.78, 5) is 47.6. The Balaban J connectivity index is 1.52. The van der Waals surface area contributed by atoms with Gasteiger partial charge >= 0.3 is 0 Å². The Kier molecular flexibility index (Phi) is 12.3. The number of benzene rings is 1. The largest absolute Gasteiger partial charge is 0.391 e. The Morgan fingerprint density at radius 3 is 2.49 bits per heavy atom. The highest BCUT2D eigenvalue weighted by Crippen LogP contribution is 2.32. The minimum absolute atomic E-state index is 0.0304. The van der Waals surface area contributed by atoms with E-state index in [0.29, 0.717) is 24.5 Å². The van der Waals surface area contributed by atoms with Gasteiger partial charge in [0.2, 0.25) is 17.7 Å². The van der Waals surface area contributed by atoms with Gasteiger partial charge in [0.1, 0.15) is 17.7 Å². The number of β-amino-alcohol motifs (C(OH)–C–C–N with tert-alkyl or cyclic N) is 1. The number of aryl methyl sites for hydroxylation is 2. The van der Waals surface area contributed by atoms with Crippen LogP contribution in [-0.4, -0.2) is 69.6 Å². The Hall–Kier alpha value is -3.61. The molecule has 0 aliphatic carbocycles. The number of aromatic nitrogens is 2. The summed E-state index contributed by atoms with van der Waals surface area (Å²) in [5.41, 5.74) is 10.7. The van der Waals surface area contributed by atoms with Crippen LogP contribution in [0.2, 0.25) is 0 Å². The van der Waals surface area contributed by atoms with Gasteiger partial charge in [-0.1, -0.05) is 56.1 Å². The van der Waals surface area contributed by atoms with Crippen LogP contribution in [0.4, 0.5) is 0 Å². The van der Waals surface area contributed by atoms with Crippen LogP contribution in [0.5, 0.6) is 0 Å². The van der Waals surface area contributed by atoms with Gasteiger partial charge in [-0.05, 0) is 50.3 Å². The van der Waals surface area contributed by atoms with E-state index in [9.17, 15) is 19.5 Å². The lowest BCUT2D eigenvalue weighted by molar-refractivity contribution is -0.141. The second-order valence-electron chi connectivity index (χ2n) is 12.2. The molecule has 1 aliphatic rings. The van der Waals surface area contributed by atoms with Crippen molar-refractivity contribution in [3.63, 3.8) is 0 Å². The average Bonchev–Trinajstić information content (AvgIpc) is 3.74. The number of carbonyl (C=O) groups excluding carboxylic acids is 3. The highest BCUT2D eigenvalue weighted by Gasteiger charge is 2.43. The van der Waals surface area contributed by atoms with Crippen molar-refractivity contribution < 1.29 is 24.0 Å². The second-order valence-corrected chi connectivity index (χ2v) is 13.1. The first-order valence-electron chi connectivity index (χ1n) is 15.8. The molecule has 0 unspecified atom stereocenters. The molecule has 0 radical (unpaired) electrons. The zero-order chi connectivity index (χ0) is 32.5. The van der Waals surface area contributed by atoms with Crippen molar-refractivity contribution in [2.24, 2.45) is 11.7 Å². The van der Waals surface area contributed by atoms with Crippen molar-refractivity contribution in [1.82, 2.24) is 25.7 Å². The summed E-state index contributed by atoms with van der Waals surface area (Å²) >= 11 is 1.55. The lowest BCUT2D eigenvalue weighted by atomic mass is 9.91. The van der Waals surface area contributed by atoms with E-state index >= 15 is 0 Å². The molecule has 244 valence electrons. The number of aliphatic hydroxyl groups is 1. The maximum Gasteiger partial charge on any atom is 0.243 e. The van der Waals surface area contributed by atoms with Gasteiger partial charge in [-0.25, -0.2) is 4.98 Å². The smallest absolute Gasteiger partial charge is 0.243 e. The zero-order valence-electron chi connectivity index (χ0n) is 26.6. The summed E-state index contributed by atoms with van der Waals surface area (Å²) in [6.07, 6.45) is 3.10. The van der Waals surface area contributed by atoms with Crippen molar-refractivity contribution >= 4 is 29.1 Å². The van der Waals surface area contributed by atoms with E-state index in [4.69, 9.17) is 10.3 Å². The topological polar surface area (TPSA) is 164 Å². The fourth-order valence-electron chi connectivity index (χ4n) is 5.82. The first-order chi connectivity index (χ1) is 21.6. The Morgan fingerprint density at radius 1 is 1.13 bits per heavy atom. The number of amides is 3. The summed E-state index contributed by atoms with van der Waals surface area (Å²) in [5.74, 6) is -1.24. The van der Waals surface area contributed by atoms with Crippen LogP contribution >= 0.6 is 11.3 Å². The molecule has 5 N–H and O–H groups in total. The molecule has 1 aliphatic heterocycles. The molecule has 12 heteroatoms. The molecule has 3 amide bonds. The average molecular weight is 639 g/mol. The van der Waals surface area contributed by atoms with Gasteiger partial charge in [-0.3, -0.25) is 14.4 Å². The number of unbranched alkanes of at least 4 members (excludes halogenated alkanes) is 3. The van der Waals surface area contributed by atoms with E-state index in [2.05, 4.69) is 20.8 Å². The van der Waals surface area contributed by atoms with E-state index in [1.165, 1.54) is 4.90 Å². The molecule has 11 nitrogen and oxygen atoms in total. The Morgan fingerprint density at radius 2 is 1.87 bits per heavy atom. The molecule has 1 saturated heterocycles. The van der Waals surface area contributed by atoms with E-state index in [-0.39, 0.29) is 37.1 Å². The number of nitrogens with two attached hydrogens (primary N) is 1. The monoisotopic (exact) mass is 638 g/mol. The number of likely N-dealkylation sites (tertiary alicyclic amines) is 1. The molecule has 1 fully saturated rings. The van der Waals surface area contributed by atoms with E-state index in [0.717, 1.165) is 47.4 Å². The molecular formula is C33H46N6O5S.